The molecule has 4 rings (SSSR count). The van der Waals surface area contributed by atoms with Gasteiger partial charge in [-0.2, -0.15) is 9.97 Å². The Labute approximate surface area is 200 Å². The Kier molecular flexibility index (Phi) is 7.54. The number of ether oxygens (including phenoxy) is 1. The maximum atomic E-state index is 11.0. The molecular weight excluding hydrogens is 485 g/mol. The lowest BCUT2D eigenvalue weighted by Gasteiger charge is -2.18. The highest BCUT2D eigenvalue weighted by Crippen LogP contribution is 2.37. The van der Waals surface area contributed by atoms with E-state index in [0.717, 1.165) is 5.56 Å². The largest absolute Gasteiger partial charge is 0.388 e. The number of rotatable bonds is 9. The van der Waals surface area contributed by atoms with Crippen LogP contribution in [0.15, 0.2) is 36.7 Å². The van der Waals surface area contributed by atoms with Crippen molar-refractivity contribution in [3.63, 3.8) is 0 Å². The molecule has 11 nitrogen and oxygen atoms in total. The van der Waals surface area contributed by atoms with Gasteiger partial charge in [-0.05, 0) is 36.9 Å². The van der Waals surface area contributed by atoms with E-state index in [1.54, 1.807) is 0 Å². The fourth-order valence-corrected chi connectivity index (χ4v) is 4.87. The molecule has 0 saturated carbocycles. The van der Waals surface area contributed by atoms with E-state index >= 15 is 0 Å². The molecule has 1 aliphatic heterocycles. The maximum absolute atomic E-state index is 11.0. The molecule has 0 spiro atoms. The Morgan fingerprint density at radius 1 is 1.18 bits per heavy atom. The Bertz CT molecular complexity index is 1180. The van der Waals surface area contributed by atoms with E-state index in [1.807, 2.05) is 37.3 Å². The van der Waals surface area contributed by atoms with Crippen molar-refractivity contribution in [1.29, 1.82) is 0 Å². The van der Waals surface area contributed by atoms with Gasteiger partial charge in [-0.25, -0.2) is 4.98 Å². The highest BCUT2D eigenvalue weighted by molar-refractivity contribution is 7.51. The number of anilines is 1. The molecule has 3 heterocycles. The molecule has 1 saturated heterocycles. The van der Waals surface area contributed by atoms with Gasteiger partial charge in [0.15, 0.2) is 23.2 Å². The van der Waals surface area contributed by atoms with Gasteiger partial charge in [0.2, 0.25) is 5.28 Å². The second-order valence-electron chi connectivity index (χ2n) is 8.37. The van der Waals surface area contributed by atoms with Crippen LogP contribution < -0.4 is 5.32 Å². The van der Waals surface area contributed by atoms with Crippen LogP contribution in [0.3, 0.4) is 0 Å². The number of aromatic nitrogens is 4. The summed E-state index contributed by atoms with van der Waals surface area (Å²) >= 11 is 6.18. The van der Waals surface area contributed by atoms with Crippen molar-refractivity contribution in [1.82, 2.24) is 19.5 Å². The summed E-state index contributed by atoms with van der Waals surface area (Å²) in [5.74, 6) is 0.423. The van der Waals surface area contributed by atoms with Crippen LogP contribution >= 0.6 is 19.2 Å². The number of hydrogen-bond acceptors (Lipinski definition) is 8. The molecule has 3 aromatic rings. The first kappa shape index (κ1) is 25.0. The minimum atomic E-state index is -4.07. The molecule has 0 amide bonds. The van der Waals surface area contributed by atoms with Gasteiger partial charge in [-0.1, -0.05) is 36.8 Å². The monoisotopic (exact) mass is 511 g/mol. The lowest BCUT2D eigenvalue weighted by atomic mass is 10.1. The van der Waals surface area contributed by atoms with E-state index < -0.39 is 32.1 Å². The lowest BCUT2D eigenvalue weighted by Crippen LogP contribution is -2.31. The third kappa shape index (κ3) is 5.58. The summed E-state index contributed by atoms with van der Waals surface area (Å²) in [5, 5.41) is 24.4. The van der Waals surface area contributed by atoms with Crippen molar-refractivity contribution in [2.75, 3.05) is 11.5 Å². The van der Waals surface area contributed by atoms with Gasteiger partial charge in [0.25, 0.3) is 0 Å². The number of benzene rings is 1. The van der Waals surface area contributed by atoms with E-state index in [1.165, 1.54) is 10.9 Å². The van der Waals surface area contributed by atoms with Crippen LogP contribution in [0.1, 0.15) is 44.0 Å². The number of halogens is 1. The van der Waals surface area contributed by atoms with Gasteiger partial charge >= 0.3 is 7.60 Å². The minimum absolute atomic E-state index is 0.0148. The summed E-state index contributed by atoms with van der Waals surface area (Å²) < 4.78 is 18.4. The summed E-state index contributed by atoms with van der Waals surface area (Å²) in [5.41, 5.74) is 1.81. The average molecular weight is 512 g/mol. The van der Waals surface area contributed by atoms with Crippen molar-refractivity contribution >= 4 is 36.2 Å². The van der Waals surface area contributed by atoms with Crippen LogP contribution in [0.4, 0.5) is 5.82 Å². The van der Waals surface area contributed by atoms with Crippen LogP contribution in [-0.4, -0.2) is 64.0 Å². The smallest absolute Gasteiger partial charge is 0.325 e. The molecule has 2 aromatic heterocycles. The number of aliphatic hydroxyl groups is 2. The maximum Gasteiger partial charge on any atom is 0.325 e. The molecule has 5 atom stereocenters. The zero-order valence-corrected chi connectivity index (χ0v) is 20.0. The quantitative estimate of drug-likeness (QED) is 0.164. The van der Waals surface area contributed by atoms with E-state index in [4.69, 9.17) is 26.1 Å². The van der Waals surface area contributed by atoms with Crippen molar-refractivity contribution in [3.05, 3.63) is 47.5 Å². The predicted octanol–water partition coefficient (Wildman–Crippen LogP) is 2.62. The first-order valence-electron chi connectivity index (χ1n) is 10.9. The van der Waals surface area contributed by atoms with Crippen molar-refractivity contribution in [3.8, 4) is 0 Å². The van der Waals surface area contributed by atoms with Crippen LogP contribution in [0.25, 0.3) is 11.2 Å². The van der Waals surface area contributed by atoms with Crippen LogP contribution in [-0.2, 0) is 9.30 Å². The van der Waals surface area contributed by atoms with Crippen LogP contribution in [0.5, 0.6) is 0 Å². The molecule has 4 unspecified atom stereocenters. The third-order valence-electron chi connectivity index (χ3n) is 5.85. The molecule has 1 aliphatic rings. The average Bonchev–Trinajstić information content (AvgIpc) is 3.32. The Morgan fingerprint density at radius 3 is 2.62 bits per heavy atom. The fraction of sp³-hybridized carbons (Fsp3) is 0.476. The molecule has 184 valence electrons. The number of fused-ring (bicyclic) bond motifs is 1. The molecule has 0 radical (unpaired) electrons. The minimum Gasteiger partial charge on any atom is -0.388 e. The Hall–Kier alpha value is -2.11. The van der Waals surface area contributed by atoms with Crippen LogP contribution in [0.2, 0.25) is 5.28 Å². The molecule has 1 aromatic carbocycles. The number of hydrogen-bond donors (Lipinski definition) is 5. The summed E-state index contributed by atoms with van der Waals surface area (Å²) in [4.78, 5) is 30.9. The predicted molar refractivity (Wildman–Crippen MR) is 125 cm³/mol. The second-order valence-corrected chi connectivity index (χ2v) is 10.5. The van der Waals surface area contributed by atoms with Gasteiger partial charge < -0.3 is 30.1 Å². The number of aliphatic hydroxyl groups excluding tert-OH is 2. The molecule has 13 heteroatoms. The zero-order chi connectivity index (χ0) is 24.5. The normalized spacial score (nSPS) is 23.9. The Morgan fingerprint density at radius 2 is 1.91 bits per heavy atom. The highest BCUT2D eigenvalue weighted by atomic mass is 35.5. The lowest BCUT2D eigenvalue weighted by molar-refractivity contribution is -0.0373. The third-order valence-corrected chi connectivity index (χ3v) is 6.91. The van der Waals surface area contributed by atoms with E-state index in [0.29, 0.717) is 29.8 Å². The molecule has 0 bridgehead atoms. The summed E-state index contributed by atoms with van der Waals surface area (Å²) in [6.07, 6.45) is -1.84. The fourth-order valence-electron chi connectivity index (χ4n) is 4.07. The summed E-state index contributed by atoms with van der Waals surface area (Å²) in [6.45, 7) is 1.98. The first-order valence-corrected chi connectivity index (χ1v) is 13.1. The van der Waals surface area contributed by atoms with Gasteiger partial charge in [-0.3, -0.25) is 9.13 Å². The van der Waals surface area contributed by atoms with Crippen molar-refractivity contribution in [2.45, 2.75) is 56.8 Å². The van der Waals surface area contributed by atoms with Gasteiger partial charge in [0, 0.05) is 6.16 Å². The summed E-state index contributed by atoms with van der Waals surface area (Å²) in [6, 6.07) is 9.70. The van der Waals surface area contributed by atoms with Gasteiger partial charge in [0.1, 0.15) is 12.2 Å². The number of imidazole rings is 1. The van der Waals surface area contributed by atoms with Crippen molar-refractivity contribution < 1.29 is 29.3 Å². The van der Waals surface area contributed by atoms with E-state index in [-0.39, 0.29) is 23.9 Å². The summed E-state index contributed by atoms with van der Waals surface area (Å²) in [7, 11) is -4.07. The number of nitrogens with one attached hydrogen (secondary N) is 1. The number of unbranched alkanes of at least 4 members (excludes halogenated alkanes) is 1. The van der Waals surface area contributed by atoms with Crippen molar-refractivity contribution in [2.24, 2.45) is 0 Å². The zero-order valence-electron chi connectivity index (χ0n) is 18.4. The molecule has 1 fully saturated rings. The number of nitrogens with zero attached hydrogens (tertiary/aromatic N) is 4. The molecule has 0 aliphatic carbocycles. The SMILES string of the molecule is C[C@H](Nc1nc(Cl)nc2c1ncn2C1OC(CCCCP(=O)(O)O)C(O)C1O)c1ccccc1. The topological polar surface area (TPSA) is 163 Å². The van der Waals surface area contributed by atoms with Gasteiger partial charge in [0.05, 0.1) is 18.5 Å². The first-order chi connectivity index (χ1) is 16.1. The van der Waals surface area contributed by atoms with E-state index in [9.17, 15) is 14.8 Å². The second kappa shape index (κ2) is 10.2. The highest BCUT2D eigenvalue weighted by Gasteiger charge is 2.44. The molecular formula is C21H27ClN5O6P. The molecule has 34 heavy (non-hydrogen) atoms. The van der Waals surface area contributed by atoms with Crippen LogP contribution in [0, 0.1) is 0 Å². The van der Waals surface area contributed by atoms with Gasteiger partial charge in [-0.15, -0.1) is 0 Å². The van der Waals surface area contributed by atoms with E-state index in [2.05, 4.69) is 20.3 Å². The Balaban J connectivity index is 1.52. The molecule has 5 N–H and O–H groups in total. The standard InChI is InChI=1S/C21H27ClN5O6P/c1-12(13-7-3-2-4-8-13)24-18-15-19(26-21(22)25-18)27(11-23-15)20-17(29)16(28)14(33-20)9-5-6-10-34(30,31)32/h2-4,7-8,11-12,14,16-17,20,28-29H,5-6,9-10H2,1H3,(H,24,25,26)(H2,30,31,32)/t12-,14?,16?,17?,20?/m0/s1.